The maximum atomic E-state index is 11.9. The average molecular weight is 257 g/mol. The third kappa shape index (κ3) is 4.23. The second kappa shape index (κ2) is 6.23. The quantitative estimate of drug-likeness (QED) is 0.630. The first kappa shape index (κ1) is 14.3. The molecular formula is C11H19N3O4. The van der Waals surface area contributed by atoms with E-state index in [2.05, 4.69) is 5.32 Å². The van der Waals surface area contributed by atoms with Crippen molar-refractivity contribution in [3.05, 3.63) is 0 Å². The third-order valence-corrected chi connectivity index (χ3v) is 3.13. The molecule has 0 aromatic rings. The van der Waals surface area contributed by atoms with Crippen LogP contribution in [0, 0.1) is 5.92 Å². The Balaban J connectivity index is 2.57. The lowest BCUT2D eigenvalue weighted by molar-refractivity contribution is -0.137. The lowest BCUT2D eigenvalue weighted by Crippen LogP contribution is -2.50. The molecule has 0 heterocycles. The number of aliphatic carboxylic acids is 1. The minimum atomic E-state index is -1.18. The maximum absolute atomic E-state index is 11.9. The highest BCUT2D eigenvalue weighted by atomic mass is 16.4. The van der Waals surface area contributed by atoms with Crippen molar-refractivity contribution in [1.82, 2.24) is 10.2 Å². The highest BCUT2D eigenvalue weighted by Gasteiger charge is 2.27. The topological polar surface area (TPSA) is 113 Å². The van der Waals surface area contributed by atoms with E-state index < -0.39 is 24.5 Å². The molecule has 1 fully saturated rings. The van der Waals surface area contributed by atoms with Crippen molar-refractivity contribution >= 4 is 17.9 Å². The number of carboxylic acids is 1. The van der Waals surface area contributed by atoms with Crippen LogP contribution in [0.15, 0.2) is 0 Å². The van der Waals surface area contributed by atoms with Gasteiger partial charge in [0.15, 0.2) is 0 Å². The van der Waals surface area contributed by atoms with E-state index in [0.29, 0.717) is 5.92 Å². The lowest BCUT2D eigenvalue weighted by Gasteiger charge is -2.24. The predicted octanol–water partition coefficient (Wildman–Crippen LogP) is -0.243. The van der Waals surface area contributed by atoms with Crippen molar-refractivity contribution < 1.29 is 19.5 Å². The number of carbonyl (C=O) groups is 3. The van der Waals surface area contributed by atoms with E-state index in [-0.39, 0.29) is 12.6 Å². The number of amides is 3. The first-order chi connectivity index (χ1) is 8.40. The number of primary amides is 1. The van der Waals surface area contributed by atoms with Gasteiger partial charge in [0, 0.05) is 6.04 Å². The Morgan fingerprint density at radius 1 is 1.33 bits per heavy atom. The Hall–Kier alpha value is -1.79. The molecule has 3 amide bonds. The number of urea groups is 1. The van der Waals surface area contributed by atoms with Gasteiger partial charge < -0.3 is 21.1 Å². The fourth-order valence-electron chi connectivity index (χ4n) is 2.16. The molecule has 0 radical (unpaired) electrons. The monoisotopic (exact) mass is 257 g/mol. The zero-order valence-corrected chi connectivity index (χ0v) is 10.4. The number of carboxylic acid groups (broad SMARTS) is 1. The third-order valence-electron chi connectivity index (χ3n) is 3.13. The van der Waals surface area contributed by atoms with Crippen LogP contribution in [0.2, 0.25) is 0 Å². The Kier molecular flexibility index (Phi) is 4.94. The summed E-state index contributed by atoms with van der Waals surface area (Å²) in [4.78, 5) is 34.2. The molecule has 4 N–H and O–H groups in total. The molecule has 7 heteroatoms. The number of nitrogens with two attached hydrogens (primary N) is 1. The lowest BCUT2D eigenvalue weighted by atomic mass is 10.1. The average Bonchev–Trinajstić information content (AvgIpc) is 2.62. The maximum Gasteiger partial charge on any atom is 0.323 e. The van der Waals surface area contributed by atoms with Crippen LogP contribution in [0.3, 0.4) is 0 Å². The molecule has 0 saturated heterocycles. The molecule has 7 nitrogen and oxygen atoms in total. The molecule has 0 aromatic heterocycles. The number of rotatable bonds is 5. The zero-order valence-electron chi connectivity index (χ0n) is 10.4. The van der Waals surface area contributed by atoms with E-state index >= 15 is 0 Å². The van der Waals surface area contributed by atoms with Crippen molar-refractivity contribution in [3.63, 3.8) is 0 Å². The highest BCUT2D eigenvalue weighted by Crippen LogP contribution is 2.24. The summed E-state index contributed by atoms with van der Waals surface area (Å²) in [5.74, 6) is -1.54. The fourth-order valence-corrected chi connectivity index (χ4v) is 2.16. The van der Waals surface area contributed by atoms with Gasteiger partial charge >= 0.3 is 12.0 Å². The second-order valence-corrected chi connectivity index (χ2v) is 4.68. The number of carbonyl (C=O) groups excluding carboxylic acids is 2. The summed E-state index contributed by atoms with van der Waals surface area (Å²) in [6, 6.07) is -0.503. The molecule has 2 unspecified atom stereocenters. The number of nitrogens with one attached hydrogen (secondary N) is 1. The van der Waals surface area contributed by atoms with Gasteiger partial charge in [-0.25, -0.2) is 4.79 Å². The van der Waals surface area contributed by atoms with Crippen LogP contribution in [0.5, 0.6) is 0 Å². The molecule has 102 valence electrons. The van der Waals surface area contributed by atoms with Crippen molar-refractivity contribution in [1.29, 1.82) is 0 Å². The largest absolute Gasteiger partial charge is 0.480 e. The minimum Gasteiger partial charge on any atom is -0.480 e. The summed E-state index contributed by atoms with van der Waals surface area (Å²) < 4.78 is 0. The first-order valence-electron chi connectivity index (χ1n) is 5.95. The van der Waals surface area contributed by atoms with Crippen LogP contribution in [0.25, 0.3) is 0 Å². The normalized spacial score (nSPS) is 22.5. The molecule has 0 aliphatic heterocycles. The molecule has 2 atom stereocenters. The zero-order chi connectivity index (χ0) is 13.7. The number of hydrogen-bond acceptors (Lipinski definition) is 3. The molecule has 1 aliphatic rings. The van der Waals surface area contributed by atoms with E-state index in [1.165, 1.54) is 0 Å². The van der Waals surface area contributed by atoms with Crippen molar-refractivity contribution in [2.24, 2.45) is 11.7 Å². The highest BCUT2D eigenvalue weighted by molar-refractivity contribution is 5.86. The summed E-state index contributed by atoms with van der Waals surface area (Å²) in [6.07, 6.45) is 2.96. The number of nitrogens with zero attached hydrogens (tertiary/aromatic N) is 1. The molecule has 0 bridgehead atoms. The minimum absolute atomic E-state index is 0.0432. The summed E-state index contributed by atoms with van der Waals surface area (Å²) in [6.45, 7) is 1.11. The molecule has 0 spiro atoms. The first-order valence-corrected chi connectivity index (χ1v) is 5.95. The van der Waals surface area contributed by atoms with Gasteiger partial charge in [0.25, 0.3) is 0 Å². The molecule has 1 saturated carbocycles. The van der Waals surface area contributed by atoms with Crippen LogP contribution in [0.4, 0.5) is 4.79 Å². The molecule has 1 aliphatic carbocycles. The van der Waals surface area contributed by atoms with E-state index in [4.69, 9.17) is 10.8 Å². The van der Waals surface area contributed by atoms with E-state index in [9.17, 15) is 14.4 Å². The summed E-state index contributed by atoms with van der Waals surface area (Å²) in [7, 11) is 0. The second-order valence-electron chi connectivity index (χ2n) is 4.68. The predicted molar refractivity (Wildman–Crippen MR) is 63.7 cm³/mol. The van der Waals surface area contributed by atoms with Crippen LogP contribution in [-0.2, 0) is 9.59 Å². The molecule has 1 rings (SSSR count). The SMILES string of the molecule is CC1CCCC1NC(=O)N(CC(N)=O)CC(=O)O. The summed E-state index contributed by atoms with van der Waals surface area (Å²) >= 11 is 0. The van der Waals surface area contributed by atoms with Gasteiger partial charge in [-0.3, -0.25) is 9.59 Å². The summed E-state index contributed by atoms with van der Waals surface area (Å²) in [5.41, 5.74) is 4.99. The number of hydrogen-bond donors (Lipinski definition) is 3. The van der Waals surface area contributed by atoms with Gasteiger partial charge in [-0.1, -0.05) is 13.3 Å². The van der Waals surface area contributed by atoms with Crippen LogP contribution < -0.4 is 11.1 Å². The Morgan fingerprint density at radius 3 is 2.44 bits per heavy atom. The summed E-state index contributed by atoms with van der Waals surface area (Å²) in [5, 5.41) is 11.4. The van der Waals surface area contributed by atoms with Crippen molar-refractivity contribution in [2.75, 3.05) is 13.1 Å². The van der Waals surface area contributed by atoms with Gasteiger partial charge in [-0.2, -0.15) is 0 Å². The fraction of sp³-hybridized carbons (Fsp3) is 0.727. The van der Waals surface area contributed by atoms with E-state index in [1.54, 1.807) is 0 Å². The molecular weight excluding hydrogens is 238 g/mol. The van der Waals surface area contributed by atoms with Gasteiger partial charge in [0.05, 0.1) is 0 Å². The van der Waals surface area contributed by atoms with Crippen LogP contribution in [-0.4, -0.2) is 47.0 Å². The van der Waals surface area contributed by atoms with Gasteiger partial charge in [0.2, 0.25) is 5.91 Å². The van der Waals surface area contributed by atoms with Gasteiger partial charge in [0.1, 0.15) is 13.1 Å². The van der Waals surface area contributed by atoms with E-state index in [1.807, 2.05) is 6.92 Å². The standard InChI is InChI=1S/C11H19N3O4/c1-7-3-2-4-8(7)13-11(18)14(5-9(12)15)6-10(16)17/h7-8H,2-6H2,1H3,(H2,12,15)(H,13,18)(H,16,17). The van der Waals surface area contributed by atoms with Crippen LogP contribution >= 0.6 is 0 Å². The molecule has 18 heavy (non-hydrogen) atoms. The Bertz CT molecular complexity index is 329. The van der Waals surface area contributed by atoms with Crippen LogP contribution in [0.1, 0.15) is 26.2 Å². The smallest absolute Gasteiger partial charge is 0.323 e. The van der Waals surface area contributed by atoms with Gasteiger partial charge in [-0.15, -0.1) is 0 Å². The van der Waals surface area contributed by atoms with Gasteiger partial charge in [-0.05, 0) is 18.8 Å². The van der Waals surface area contributed by atoms with E-state index in [0.717, 1.165) is 24.2 Å². The molecule has 0 aromatic carbocycles. The Labute approximate surface area is 105 Å². The van der Waals surface area contributed by atoms with Crippen molar-refractivity contribution in [3.8, 4) is 0 Å². The van der Waals surface area contributed by atoms with Crippen molar-refractivity contribution in [2.45, 2.75) is 32.2 Å². The Morgan fingerprint density at radius 2 is 2.00 bits per heavy atom.